The van der Waals surface area contributed by atoms with Gasteiger partial charge in [-0.25, -0.2) is 0 Å². The summed E-state index contributed by atoms with van der Waals surface area (Å²) in [7, 11) is 0. The second-order valence-electron chi connectivity index (χ2n) is 7.97. The van der Waals surface area contributed by atoms with Crippen LogP contribution >= 0.6 is 0 Å². The SMILES string of the molecule is C=CCCOCc1ccc(-c2ccc(C3CCC(C/C=C/C)CC3)cc2)cc1. The van der Waals surface area contributed by atoms with Gasteiger partial charge in [-0.15, -0.1) is 6.58 Å². The molecule has 148 valence electrons. The highest BCUT2D eigenvalue weighted by Gasteiger charge is 2.21. The average Bonchev–Trinajstić information content (AvgIpc) is 2.76. The number of ether oxygens (including phenoxy) is 1. The smallest absolute Gasteiger partial charge is 0.0717 e. The lowest BCUT2D eigenvalue weighted by Gasteiger charge is -2.28. The summed E-state index contributed by atoms with van der Waals surface area (Å²) >= 11 is 0. The molecule has 0 saturated heterocycles. The number of benzene rings is 2. The van der Waals surface area contributed by atoms with Gasteiger partial charge in [0.2, 0.25) is 0 Å². The molecule has 0 aliphatic heterocycles. The van der Waals surface area contributed by atoms with E-state index in [1.54, 1.807) is 0 Å². The van der Waals surface area contributed by atoms with E-state index < -0.39 is 0 Å². The van der Waals surface area contributed by atoms with E-state index >= 15 is 0 Å². The van der Waals surface area contributed by atoms with Crippen LogP contribution in [0.15, 0.2) is 73.3 Å². The molecule has 3 rings (SSSR count). The zero-order valence-electron chi connectivity index (χ0n) is 17.3. The first-order valence-electron chi connectivity index (χ1n) is 10.8. The highest BCUT2D eigenvalue weighted by atomic mass is 16.5. The molecular formula is C27H34O. The van der Waals surface area contributed by atoms with Gasteiger partial charge in [0.05, 0.1) is 13.2 Å². The number of hydrogen-bond acceptors (Lipinski definition) is 1. The van der Waals surface area contributed by atoms with Gasteiger partial charge in [-0.05, 0) is 79.5 Å². The minimum atomic E-state index is 0.670. The molecule has 0 heterocycles. The summed E-state index contributed by atoms with van der Waals surface area (Å²) in [6.45, 7) is 7.25. The van der Waals surface area contributed by atoms with Crippen LogP contribution in [-0.2, 0) is 11.3 Å². The first-order valence-corrected chi connectivity index (χ1v) is 10.8. The van der Waals surface area contributed by atoms with Crippen LogP contribution in [0.5, 0.6) is 0 Å². The van der Waals surface area contributed by atoms with E-state index in [4.69, 9.17) is 4.74 Å². The summed E-state index contributed by atoms with van der Waals surface area (Å²) in [6, 6.07) is 18.0. The third-order valence-electron chi connectivity index (χ3n) is 5.96. The van der Waals surface area contributed by atoms with E-state index in [1.165, 1.54) is 54.4 Å². The van der Waals surface area contributed by atoms with Crippen LogP contribution in [0.25, 0.3) is 11.1 Å². The third-order valence-corrected chi connectivity index (χ3v) is 5.96. The fourth-order valence-corrected chi connectivity index (χ4v) is 4.16. The molecule has 0 unspecified atom stereocenters. The molecule has 2 aromatic carbocycles. The maximum atomic E-state index is 5.64. The summed E-state index contributed by atoms with van der Waals surface area (Å²) in [4.78, 5) is 0. The largest absolute Gasteiger partial charge is 0.376 e. The average molecular weight is 375 g/mol. The Labute approximate surface area is 171 Å². The molecule has 1 aliphatic rings. The van der Waals surface area contributed by atoms with E-state index in [-0.39, 0.29) is 0 Å². The van der Waals surface area contributed by atoms with Crippen molar-refractivity contribution in [3.63, 3.8) is 0 Å². The number of hydrogen-bond donors (Lipinski definition) is 0. The van der Waals surface area contributed by atoms with Crippen molar-refractivity contribution in [2.24, 2.45) is 5.92 Å². The van der Waals surface area contributed by atoms with Gasteiger partial charge in [0.15, 0.2) is 0 Å². The lowest BCUT2D eigenvalue weighted by molar-refractivity contribution is 0.125. The Hall–Kier alpha value is -2.12. The molecule has 2 aromatic rings. The molecular weight excluding hydrogens is 340 g/mol. The van der Waals surface area contributed by atoms with Crippen LogP contribution < -0.4 is 0 Å². The number of allylic oxidation sites excluding steroid dienone is 2. The van der Waals surface area contributed by atoms with Crippen LogP contribution in [0.4, 0.5) is 0 Å². The van der Waals surface area contributed by atoms with Gasteiger partial charge in [-0.2, -0.15) is 0 Å². The first kappa shape index (κ1) is 20.6. The van der Waals surface area contributed by atoms with E-state index in [0.717, 1.165) is 24.9 Å². The van der Waals surface area contributed by atoms with Gasteiger partial charge in [0, 0.05) is 0 Å². The predicted octanol–water partition coefficient (Wildman–Crippen LogP) is 7.69. The van der Waals surface area contributed by atoms with Crippen molar-refractivity contribution in [2.75, 3.05) is 6.61 Å². The van der Waals surface area contributed by atoms with Crippen LogP contribution in [0.3, 0.4) is 0 Å². The van der Waals surface area contributed by atoms with Gasteiger partial charge < -0.3 is 4.74 Å². The van der Waals surface area contributed by atoms with Crippen LogP contribution in [0, 0.1) is 5.92 Å². The summed E-state index contributed by atoms with van der Waals surface area (Å²) in [5.41, 5.74) is 5.31. The lowest BCUT2D eigenvalue weighted by Crippen LogP contribution is -2.12. The Bertz CT molecular complexity index is 731. The standard InChI is InChI=1S/C27H34O/c1-3-5-7-22-8-12-24(13-9-22)26-16-18-27(19-17-26)25-14-10-23(11-15-25)21-28-20-6-4-2/h3-5,10-11,14-19,22,24H,2,6-9,12-13,20-21H2,1H3/b5-3+. The van der Waals surface area contributed by atoms with Crippen molar-refractivity contribution in [2.45, 2.75) is 58.0 Å². The molecule has 0 N–H and O–H groups in total. The topological polar surface area (TPSA) is 9.23 Å². The number of rotatable bonds is 9. The summed E-state index contributed by atoms with van der Waals surface area (Å²) in [5, 5.41) is 0. The van der Waals surface area contributed by atoms with Crippen molar-refractivity contribution in [1.82, 2.24) is 0 Å². The Morgan fingerprint density at radius 1 is 0.929 bits per heavy atom. The molecule has 1 nitrogen and oxygen atoms in total. The third kappa shape index (κ3) is 5.94. The van der Waals surface area contributed by atoms with Gasteiger partial charge in [0.25, 0.3) is 0 Å². The summed E-state index contributed by atoms with van der Waals surface area (Å²) in [5.74, 6) is 1.64. The zero-order chi connectivity index (χ0) is 19.6. The molecule has 0 spiro atoms. The molecule has 1 heteroatoms. The maximum absolute atomic E-state index is 5.64. The Morgan fingerprint density at radius 3 is 2.18 bits per heavy atom. The maximum Gasteiger partial charge on any atom is 0.0717 e. The minimum Gasteiger partial charge on any atom is -0.376 e. The highest BCUT2D eigenvalue weighted by Crippen LogP contribution is 2.37. The van der Waals surface area contributed by atoms with Crippen molar-refractivity contribution in [3.8, 4) is 11.1 Å². The van der Waals surface area contributed by atoms with Crippen LogP contribution in [0.2, 0.25) is 0 Å². The molecule has 1 aliphatic carbocycles. The molecule has 0 radical (unpaired) electrons. The normalized spacial score (nSPS) is 19.8. The summed E-state index contributed by atoms with van der Waals surface area (Å²) < 4.78 is 5.64. The second-order valence-corrected chi connectivity index (χ2v) is 7.97. The Balaban J connectivity index is 1.53. The van der Waals surface area contributed by atoms with E-state index in [1.807, 2.05) is 6.08 Å². The van der Waals surface area contributed by atoms with E-state index in [0.29, 0.717) is 6.61 Å². The fourth-order valence-electron chi connectivity index (χ4n) is 4.16. The molecule has 0 aromatic heterocycles. The molecule has 0 atom stereocenters. The summed E-state index contributed by atoms with van der Waals surface area (Å²) in [6.07, 6.45) is 14.0. The zero-order valence-corrected chi connectivity index (χ0v) is 17.3. The highest BCUT2D eigenvalue weighted by molar-refractivity contribution is 5.64. The van der Waals surface area contributed by atoms with Crippen molar-refractivity contribution in [3.05, 3.63) is 84.5 Å². The Kier molecular flexibility index (Phi) is 8.11. The van der Waals surface area contributed by atoms with Crippen molar-refractivity contribution in [1.29, 1.82) is 0 Å². The van der Waals surface area contributed by atoms with E-state index in [9.17, 15) is 0 Å². The molecule has 0 bridgehead atoms. The van der Waals surface area contributed by atoms with Gasteiger partial charge in [-0.3, -0.25) is 0 Å². The Morgan fingerprint density at radius 2 is 1.57 bits per heavy atom. The quantitative estimate of drug-likeness (QED) is 0.323. The van der Waals surface area contributed by atoms with Crippen LogP contribution in [-0.4, -0.2) is 6.61 Å². The lowest BCUT2D eigenvalue weighted by atomic mass is 9.77. The molecule has 28 heavy (non-hydrogen) atoms. The van der Waals surface area contributed by atoms with Gasteiger partial charge >= 0.3 is 0 Å². The minimum absolute atomic E-state index is 0.670. The van der Waals surface area contributed by atoms with Gasteiger partial charge in [-0.1, -0.05) is 66.8 Å². The van der Waals surface area contributed by atoms with Crippen molar-refractivity contribution >= 4 is 0 Å². The second kappa shape index (κ2) is 11.0. The fraction of sp³-hybridized carbons (Fsp3) is 0.407. The first-order chi connectivity index (χ1) is 13.8. The molecule has 1 saturated carbocycles. The predicted molar refractivity (Wildman–Crippen MR) is 120 cm³/mol. The van der Waals surface area contributed by atoms with Gasteiger partial charge in [0.1, 0.15) is 0 Å². The monoisotopic (exact) mass is 374 g/mol. The van der Waals surface area contributed by atoms with Crippen molar-refractivity contribution < 1.29 is 4.74 Å². The van der Waals surface area contributed by atoms with Crippen LogP contribution in [0.1, 0.15) is 62.5 Å². The van der Waals surface area contributed by atoms with E-state index in [2.05, 4.69) is 74.2 Å². The molecule has 0 amide bonds. The molecule has 1 fully saturated rings.